The molecule has 2 aromatic carbocycles. The van der Waals surface area contributed by atoms with Crippen LogP contribution >= 0.6 is 11.6 Å². The Morgan fingerprint density at radius 2 is 2.03 bits per heavy atom. The van der Waals surface area contributed by atoms with Gasteiger partial charge in [-0.1, -0.05) is 41.0 Å². The summed E-state index contributed by atoms with van der Waals surface area (Å²) in [7, 11) is 0. The lowest BCUT2D eigenvalue weighted by Gasteiger charge is -2.27. The summed E-state index contributed by atoms with van der Waals surface area (Å²) in [4.78, 5) is 7.70. The zero-order chi connectivity index (χ0) is 21.5. The van der Waals surface area contributed by atoms with Crippen LogP contribution in [0.3, 0.4) is 0 Å². The van der Waals surface area contributed by atoms with Gasteiger partial charge in [0, 0.05) is 31.1 Å². The fourth-order valence-corrected chi connectivity index (χ4v) is 3.50. The standard InChI is InChI=1S/C23H28ClFN2O3/c1-16(2)29-15-21(28)13-27(12-17-4-3-5-20(25)10-17)14-22-11-23(26-30-22)18-6-8-19(24)9-7-18/h3-10,16,21-22,28H,11-15H2,1-2H3/t21-,22+/m0/s1. The molecule has 0 saturated carbocycles. The zero-order valence-corrected chi connectivity index (χ0v) is 18.1. The van der Waals surface area contributed by atoms with Gasteiger partial charge >= 0.3 is 0 Å². The molecule has 2 aromatic rings. The third-order valence-electron chi connectivity index (χ3n) is 4.76. The summed E-state index contributed by atoms with van der Waals surface area (Å²) in [5, 5.41) is 15.3. The molecule has 30 heavy (non-hydrogen) atoms. The maximum Gasteiger partial charge on any atom is 0.145 e. The molecule has 0 saturated heterocycles. The number of aliphatic hydroxyl groups excluding tert-OH is 1. The van der Waals surface area contributed by atoms with E-state index in [0.29, 0.717) is 31.1 Å². The molecule has 162 valence electrons. The molecular formula is C23H28ClFN2O3. The van der Waals surface area contributed by atoms with Crippen molar-refractivity contribution in [3.63, 3.8) is 0 Å². The van der Waals surface area contributed by atoms with E-state index in [4.69, 9.17) is 21.2 Å². The molecule has 0 amide bonds. The van der Waals surface area contributed by atoms with Crippen molar-refractivity contribution in [1.82, 2.24) is 4.90 Å². The number of nitrogens with zero attached hydrogens (tertiary/aromatic N) is 2. The van der Waals surface area contributed by atoms with Gasteiger partial charge in [-0.15, -0.1) is 0 Å². The molecule has 2 atom stereocenters. The second-order valence-corrected chi connectivity index (χ2v) is 8.27. The summed E-state index contributed by atoms with van der Waals surface area (Å²) in [5.41, 5.74) is 2.68. The summed E-state index contributed by atoms with van der Waals surface area (Å²) < 4.78 is 19.1. The molecular weight excluding hydrogens is 407 g/mol. The number of ether oxygens (including phenoxy) is 1. The molecule has 1 aliphatic heterocycles. The molecule has 0 bridgehead atoms. The monoisotopic (exact) mass is 434 g/mol. The highest BCUT2D eigenvalue weighted by molar-refractivity contribution is 6.30. The van der Waals surface area contributed by atoms with Crippen molar-refractivity contribution in [2.75, 3.05) is 19.7 Å². The van der Waals surface area contributed by atoms with Crippen LogP contribution in [-0.4, -0.2) is 53.7 Å². The van der Waals surface area contributed by atoms with E-state index in [1.54, 1.807) is 6.07 Å². The minimum Gasteiger partial charge on any atom is -0.390 e. The van der Waals surface area contributed by atoms with Crippen molar-refractivity contribution >= 4 is 17.3 Å². The van der Waals surface area contributed by atoms with Crippen molar-refractivity contribution < 1.29 is 19.1 Å². The van der Waals surface area contributed by atoms with E-state index in [9.17, 15) is 9.50 Å². The topological polar surface area (TPSA) is 54.3 Å². The van der Waals surface area contributed by atoms with Gasteiger partial charge in [-0.3, -0.25) is 4.90 Å². The van der Waals surface area contributed by atoms with E-state index in [1.165, 1.54) is 12.1 Å². The molecule has 0 radical (unpaired) electrons. The highest BCUT2D eigenvalue weighted by atomic mass is 35.5. The van der Waals surface area contributed by atoms with Gasteiger partial charge in [0.15, 0.2) is 0 Å². The first-order valence-electron chi connectivity index (χ1n) is 10.1. The third-order valence-corrected chi connectivity index (χ3v) is 5.01. The quantitative estimate of drug-likeness (QED) is 0.607. The molecule has 1 heterocycles. The first-order valence-corrected chi connectivity index (χ1v) is 10.5. The SMILES string of the molecule is CC(C)OC[C@@H](O)CN(Cc1cccc(F)c1)C[C@H]1CC(c2ccc(Cl)cc2)=NO1. The van der Waals surface area contributed by atoms with Gasteiger partial charge in [0.05, 0.1) is 24.5 Å². The summed E-state index contributed by atoms with van der Waals surface area (Å²) in [6, 6.07) is 14.0. The van der Waals surface area contributed by atoms with Gasteiger partial charge in [0.2, 0.25) is 0 Å². The maximum atomic E-state index is 13.6. The Labute approximate surface area is 182 Å². The Hall–Kier alpha value is -1.99. The Morgan fingerprint density at radius 3 is 2.73 bits per heavy atom. The minimum atomic E-state index is -0.654. The van der Waals surface area contributed by atoms with Crippen molar-refractivity contribution in [2.45, 2.75) is 45.1 Å². The normalized spacial score (nSPS) is 17.3. The van der Waals surface area contributed by atoms with E-state index in [0.717, 1.165) is 16.8 Å². The number of hydrogen-bond donors (Lipinski definition) is 1. The van der Waals surface area contributed by atoms with Crippen LogP contribution in [0.2, 0.25) is 5.02 Å². The lowest BCUT2D eigenvalue weighted by atomic mass is 10.0. The fraction of sp³-hybridized carbons (Fsp3) is 0.435. The molecule has 1 aliphatic rings. The Morgan fingerprint density at radius 1 is 1.27 bits per heavy atom. The second kappa shape index (κ2) is 10.9. The van der Waals surface area contributed by atoms with Crippen LogP contribution in [0, 0.1) is 5.82 Å². The minimum absolute atomic E-state index is 0.0461. The lowest BCUT2D eigenvalue weighted by Crippen LogP contribution is -2.39. The predicted octanol–water partition coefficient (Wildman–Crippen LogP) is 4.26. The Kier molecular flexibility index (Phi) is 8.22. The first kappa shape index (κ1) is 22.7. The predicted molar refractivity (Wildman–Crippen MR) is 116 cm³/mol. The van der Waals surface area contributed by atoms with Gasteiger partial charge in [-0.25, -0.2) is 4.39 Å². The van der Waals surface area contributed by atoms with Crippen LogP contribution in [-0.2, 0) is 16.1 Å². The smallest absolute Gasteiger partial charge is 0.145 e. The number of aliphatic hydroxyl groups is 1. The van der Waals surface area contributed by atoms with Crippen molar-refractivity contribution in [1.29, 1.82) is 0 Å². The first-order chi connectivity index (χ1) is 14.4. The van der Waals surface area contributed by atoms with Crippen LogP contribution < -0.4 is 0 Å². The van der Waals surface area contributed by atoms with Gasteiger partial charge in [-0.2, -0.15) is 0 Å². The number of rotatable bonds is 10. The average molecular weight is 435 g/mol. The van der Waals surface area contributed by atoms with Crippen molar-refractivity contribution in [3.05, 3.63) is 70.5 Å². The highest BCUT2D eigenvalue weighted by Gasteiger charge is 2.26. The molecule has 0 aromatic heterocycles. The van der Waals surface area contributed by atoms with Crippen LogP contribution in [0.15, 0.2) is 53.7 Å². The van der Waals surface area contributed by atoms with Gasteiger partial charge < -0.3 is 14.7 Å². The zero-order valence-electron chi connectivity index (χ0n) is 17.3. The summed E-state index contributed by atoms with van der Waals surface area (Å²) in [6.45, 7) is 5.54. The van der Waals surface area contributed by atoms with Gasteiger partial charge in [0.25, 0.3) is 0 Å². The van der Waals surface area contributed by atoms with Gasteiger partial charge in [-0.05, 0) is 49.2 Å². The van der Waals surface area contributed by atoms with Gasteiger partial charge in [0.1, 0.15) is 11.9 Å². The Balaban J connectivity index is 1.62. The van der Waals surface area contributed by atoms with Crippen molar-refractivity contribution in [2.24, 2.45) is 5.16 Å². The largest absolute Gasteiger partial charge is 0.390 e. The molecule has 0 aliphatic carbocycles. The average Bonchev–Trinajstić information content (AvgIpc) is 3.15. The number of benzene rings is 2. The van der Waals surface area contributed by atoms with Crippen molar-refractivity contribution in [3.8, 4) is 0 Å². The third kappa shape index (κ3) is 7.06. The summed E-state index contributed by atoms with van der Waals surface area (Å²) in [6.07, 6.45) is -0.105. The number of halogens is 2. The van der Waals surface area contributed by atoms with Crippen LogP contribution in [0.1, 0.15) is 31.4 Å². The molecule has 3 rings (SSSR count). The molecule has 0 fully saturated rings. The summed E-state index contributed by atoms with van der Waals surface area (Å²) >= 11 is 5.96. The van der Waals surface area contributed by atoms with Crippen LogP contribution in [0.4, 0.5) is 4.39 Å². The molecule has 0 spiro atoms. The van der Waals surface area contributed by atoms with E-state index < -0.39 is 6.10 Å². The summed E-state index contributed by atoms with van der Waals surface area (Å²) in [5.74, 6) is -0.276. The van der Waals surface area contributed by atoms with Crippen LogP contribution in [0.25, 0.3) is 0 Å². The van der Waals surface area contributed by atoms with E-state index in [2.05, 4.69) is 5.16 Å². The maximum absolute atomic E-state index is 13.6. The van der Waals surface area contributed by atoms with E-state index >= 15 is 0 Å². The molecule has 0 unspecified atom stereocenters. The highest BCUT2D eigenvalue weighted by Crippen LogP contribution is 2.20. The lowest BCUT2D eigenvalue weighted by molar-refractivity contribution is -0.0194. The molecule has 7 heteroatoms. The Bertz CT molecular complexity index is 845. The molecule has 5 nitrogen and oxygen atoms in total. The molecule has 1 N–H and O–H groups in total. The fourth-order valence-electron chi connectivity index (χ4n) is 3.38. The second-order valence-electron chi connectivity index (χ2n) is 7.84. The van der Waals surface area contributed by atoms with E-state index in [1.807, 2.05) is 49.1 Å². The van der Waals surface area contributed by atoms with Crippen LogP contribution in [0.5, 0.6) is 0 Å². The number of oxime groups is 1. The van der Waals surface area contributed by atoms with E-state index in [-0.39, 0.29) is 24.6 Å². The number of hydrogen-bond acceptors (Lipinski definition) is 5.